The van der Waals surface area contributed by atoms with Gasteiger partial charge in [0, 0.05) is 24.2 Å². The highest BCUT2D eigenvalue weighted by Gasteiger charge is 2.17. The Hall–Kier alpha value is -1.62. The average Bonchev–Trinajstić information content (AvgIpc) is 2.90. The van der Waals surface area contributed by atoms with Crippen LogP contribution in [0.15, 0.2) is 12.1 Å². The Morgan fingerprint density at radius 3 is 2.86 bits per heavy atom. The molecule has 0 radical (unpaired) electrons. The molecule has 1 aromatic heterocycles. The van der Waals surface area contributed by atoms with E-state index < -0.39 is 0 Å². The molecule has 5 heteroatoms. The molecule has 1 heterocycles. The molecule has 2 rings (SSSR count). The molecular formula is C16H25N3O2. The van der Waals surface area contributed by atoms with Crippen LogP contribution in [0.5, 0.6) is 5.75 Å². The second kappa shape index (κ2) is 7.41. The fourth-order valence-electron chi connectivity index (χ4n) is 2.66. The van der Waals surface area contributed by atoms with Gasteiger partial charge in [0.15, 0.2) is 6.61 Å². The lowest BCUT2D eigenvalue weighted by molar-refractivity contribution is -0.123. The number of hydrogen-bond acceptors (Lipinski definition) is 4. The largest absolute Gasteiger partial charge is 0.482 e. The van der Waals surface area contributed by atoms with Gasteiger partial charge in [0.2, 0.25) is 0 Å². The first-order valence-electron chi connectivity index (χ1n) is 7.69. The Labute approximate surface area is 126 Å². The molecule has 3 N–H and O–H groups in total. The molecule has 0 bridgehead atoms. The van der Waals surface area contributed by atoms with E-state index in [0.29, 0.717) is 18.2 Å². The predicted octanol–water partition coefficient (Wildman–Crippen LogP) is 1.72. The quantitative estimate of drug-likeness (QED) is 0.836. The number of rotatable bonds is 6. The summed E-state index contributed by atoms with van der Waals surface area (Å²) in [4.78, 5) is 16.3. The molecule has 0 saturated heterocycles. The van der Waals surface area contributed by atoms with Crippen molar-refractivity contribution in [3.05, 3.63) is 23.5 Å². The fourth-order valence-corrected chi connectivity index (χ4v) is 2.66. The van der Waals surface area contributed by atoms with E-state index in [1.807, 2.05) is 26.0 Å². The first-order chi connectivity index (χ1) is 10.0. The number of amides is 1. The summed E-state index contributed by atoms with van der Waals surface area (Å²) in [5.74, 6) is 0.591. The van der Waals surface area contributed by atoms with Gasteiger partial charge in [-0.1, -0.05) is 12.8 Å². The molecule has 1 aliphatic rings. The van der Waals surface area contributed by atoms with Gasteiger partial charge in [0.25, 0.3) is 5.91 Å². The smallest absolute Gasteiger partial charge is 0.258 e. The highest BCUT2D eigenvalue weighted by Crippen LogP contribution is 2.19. The maximum Gasteiger partial charge on any atom is 0.258 e. The lowest BCUT2D eigenvalue weighted by atomic mass is 10.1. The molecule has 0 spiro atoms. The molecule has 0 aliphatic heterocycles. The molecule has 1 amide bonds. The van der Waals surface area contributed by atoms with Gasteiger partial charge in [-0.2, -0.15) is 0 Å². The molecule has 1 fully saturated rings. The molecule has 21 heavy (non-hydrogen) atoms. The standard InChI is InChI=1S/C16H25N3O2/c1-11(17)9-14-15(8-7-12(2)18-14)21-10-16(20)19-13-5-3-4-6-13/h7-8,11,13H,3-6,9-10,17H2,1-2H3,(H,19,20). The second-order valence-electron chi connectivity index (χ2n) is 5.92. The highest BCUT2D eigenvalue weighted by atomic mass is 16.5. The number of nitrogens with two attached hydrogens (primary N) is 1. The van der Waals surface area contributed by atoms with Crippen molar-refractivity contribution in [3.63, 3.8) is 0 Å². The van der Waals surface area contributed by atoms with Gasteiger partial charge in [0.1, 0.15) is 5.75 Å². The summed E-state index contributed by atoms with van der Waals surface area (Å²) in [6.45, 7) is 3.90. The van der Waals surface area contributed by atoms with E-state index in [0.717, 1.165) is 24.2 Å². The zero-order valence-electron chi connectivity index (χ0n) is 12.9. The minimum atomic E-state index is -0.0609. The summed E-state index contributed by atoms with van der Waals surface area (Å²) < 4.78 is 5.64. The van der Waals surface area contributed by atoms with Crippen LogP contribution in [0.1, 0.15) is 44.0 Å². The summed E-state index contributed by atoms with van der Waals surface area (Å²) in [6, 6.07) is 4.08. The minimum Gasteiger partial charge on any atom is -0.482 e. The molecule has 1 atom stereocenters. The lowest BCUT2D eigenvalue weighted by Gasteiger charge is -2.15. The van der Waals surface area contributed by atoms with Crippen LogP contribution < -0.4 is 15.8 Å². The lowest BCUT2D eigenvalue weighted by Crippen LogP contribution is -2.36. The Bertz CT molecular complexity index is 482. The van der Waals surface area contributed by atoms with E-state index in [2.05, 4.69) is 10.3 Å². The predicted molar refractivity (Wildman–Crippen MR) is 82.2 cm³/mol. The fraction of sp³-hybridized carbons (Fsp3) is 0.625. The molecule has 1 saturated carbocycles. The normalized spacial score (nSPS) is 16.7. The van der Waals surface area contributed by atoms with Crippen molar-refractivity contribution in [2.45, 2.75) is 58.0 Å². The third-order valence-electron chi connectivity index (χ3n) is 3.67. The third kappa shape index (κ3) is 5.01. The number of nitrogens with one attached hydrogen (secondary N) is 1. The van der Waals surface area contributed by atoms with Crippen molar-refractivity contribution >= 4 is 5.91 Å². The van der Waals surface area contributed by atoms with E-state index in [4.69, 9.17) is 10.5 Å². The first kappa shape index (κ1) is 15.8. The van der Waals surface area contributed by atoms with E-state index in [-0.39, 0.29) is 18.6 Å². The van der Waals surface area contributed by atoms with Crippen LogP contribution in [0.4, 0.5) is 0 Å². The molecule has 116 valence electrons. The van der Waals surface area contributed by atoms with Crippen molar-refractivity contribution in [2.24, 2.45) is 5.73 Å². The SMILES string of the molecule is Cc1ccc(OCC(=O)NC2CCCC2)c(CC(C)N)n1. The number of carbonyl (C=O) groups is 1. The van der Waals surface area contributed by atoms with Crippen LogP contribution in [0.3, 0.4) is 0 Å². The second-order valence-corrected chi connectivity index (χ2v) is 5.92. The maximum absolute atomic E-state index is 11.9. The zero-order chi connectivity index (χ0) is 15.2. The summed E-state index contributed by atoms with van der Waals surface area (Å²) in [7, 11) is 0. The molecule has 5 nitrogen and oxygen atoms in total. The molecule has 1 unspecified atom stereocenters. The van der Waals surface area contributed by atoms with Crippen LogP contribution >= 0.6 is 0 Å². The Balaban J connectivity index is 1.90. The van der Waals surface area contributed by atoms with Crippen LogP contribution in [0.2, 0.25) is 0 Å². The molecular weight excluding hydrogens is 266 g/mol. The van der Waals surface area contributed by atoms with E-state index in [1.165, 1.54) is 12.8 Å². The van der Waals surface area contributed by atoms with Crippen LogP contribution in [-0.4, -0.2) is 29.6 Å². The van der Waals surface area contributed by atoms with Crippen molar-refractivity contribution in [1.82, 2.24) is 10.3 Å². The molecule has 1 aliphatic carbocycles. The van der Waals surface area contributed by atoms with Crippen LogP contribution in [-0.2, 0) is 11.2 Å². The topological polar surface area (TPSA) is 77.2 Å². The van der Waals surface area contributed by atoms with Gasteiger partial charge < -0.3 is 15.8 Å². The van der Waals surface area contributed by atoms with Gasteiger partial charge >= 0.3 is 0 Å². The highest BCUT2D eigenvalue weighted by molar-refractivity contribution is 5.77. The zero-order valence-corrected chi connectivity index (χ0v) is 12.9. The monoisotopic (exact) mass is 291 g/mol. The Kier molecular flexibility index (Phi) is 5.56. The van der Waals surface area contributed by atoms with E-state index >= 15 is 0 Å². The number of aryl methyl sites for hydroxylation is 1. The van der Waals surface area contributed by atoms with Gasteiger partial charge in [-0.3, -0.25) is 9.78 Å². The van der Waals surface area contributed by atoms with Crippen molar-refractivity contribution in [1.29, 1.82) is 0 Å². The number of ether oxygens (including phenoxy) is 1. The number of carbonyl (C=O) groups excluding carboxylic acids is 1. The molecule has 0 aromatic carbocycles. The minimum absolute atomic E-state index is 0.00830. The number of nitrogens with zero attached hydrogens (tertiary/aromatic N) is 1. The molecule has 1 aromatic rings. The van der Waals surface area contributed by atoms with Gasteiger partial charge in [0.05, 0.1) is 5.69 Å². The van der Waals surface area contributed by atoms with Crippen molar-refractivity contribution in [3.8, 4) is 5.75 Å². The first-order valence-corrected chi connectivity index (χ1v) is 7.69. The van der Waals surface area contributed by atoms with Crippen LogP contribution in [0, 0.1) is 6.92 Å². The summed E-state index contributed by atoms with van der Waals surface area (Å²) in [5, 5.41) is 3.01. The Morgan fingerprint density at radius 2 is 2.19 bits per heavy atom. The van der Waals surface area contributed by atoms with Crippen molar-refractivity contribution < 1.29 is 9.53 Å². The van der Waals surface area contributed by atoms with Gasteiger partial charge in [-0.05, 0) is 38.8 Å². The van der Waals surface area contributed by atoms with Gasteiger partial charge in [-0.15, -0.1) is 0 Å². The van der Waals surface area contributed by atoms with Crippen molar-refractivity contribution in [2.75, 3.05) is 6.61 Å². The van der Waals surface area contributed by atoms with E-state index in [1.54, 1.807) is 0 Å². The number of aromatic nitrogens is 1. The van der Waals surface area contributed by atoms with E-state index in [9.17, 15) is 4.79 Å². The van der Waals surface area contributed by atoms with Gasteiger partial charge in [-0.25, -0.2) is 0 Å². The summed E-state index contributed by atoms with van der Waals surface area (Å²) in [5.41, 5.74) is 7.58. The third-order valence-corrected chi connectivity index (χ3v) is 3.67. The number of pyridine rings is 1. The maximum atomic E-state index is 11.9. The summed E-state index contributed by atoms with van der Waals surface area (Å²) >= 11 is 0. The van der Waals surface area contributed by atoms with Crippen LogP contribution in [0.25, 0.3) is 0 Å². The average molecular weight is 291 g/mol. The number of hydrogen-bond donors (Lipinski definition) is 2. The Morgan fingerprint density at radius 1 is 1.48 bits per heavy atom. The summed E-state index contributed by atoms with van der Waals surface area (Å²) in [6.07, 6.45) is 5.20.